The molecule has 1 saturated carbocycles. The third-order valence-corrected chi connectivity index (χ3v) is 2.67. The zero-order chi connectivity index (χ0) is 11.1. The summed E-state index contributed by atoms with van der Waals surface area (Å²) in [5.41, 5.74) is 0. The molecule has 0 saturated heterocycles. The lowest BCUT2D eigenvalue weighted by molar-refractivity contribution is -0.120. The molecule has 0 spiro atoms. The molecular formula is C11H22N2O2. The Morgan fingerprint density at radius 2 is 2.27 bits per heavy atom. The molecule has 0 radical (unpaired) electrons. The van der Waals surface area contributed by atoms with Crippen molar-refractivity contribution in [2.45, 2.75) is 32.2 Å². The van der Waals surface area contributed by atoms with Crippen LogP contribution in [0.4, 0.5) is 0 Å². The van der Waals surface area contributed by atoms with Crippen molar-refractivity contribution in [2.24, 2.45) is 5.92 Å². The summed E-state index contributed by atoms with van der Waals surface area (Å²) in [6.45, 7) is 4.14. The highest BCUT2D eigenvalue weighted by atomic mass is 16.5. The molecule has 1 atom stereocenters. The monoisotopic (exact) mass is 214 g/mol. The molecule has 88 valence electrons. The molecular weight excluding hydrogens is 192 g/mol. The van der Waals surface area contributed by atoms with Gasteiger partial charge in [-0.25, -0.2) is 0 Å². The smallest absolute Gasteiger partial charge is 0.221 e. The van der Waals surface area contributed by atoms with Crippen LogP contribution < -0.4 is 10.6 Å². The number of carbonyl (C=O) groups is 1. The molecule has 1 fully saturated rings. The number of methoxy groups -OCH3 is 1. The molecule has 0 bridgehead atoms. The van der Waals surface area contributed by atoms with Crippen molar-refractivity contribution in [3.8, 4) is 0 Å². The Morgan fingerprint density at radius 3 is 2.80 bits per heavy atom. The zero-order valence-electron chi connectivity index (χ0n) is 9.71. The first kappa shape index (κ1) is 12.5. The van der Waals surface area contributed by atoms with Gasteiger partial charge in [0.05, 0.1) is 6.61 Å². The molecule has 0 heterocycles. The maximum absolute atomic E-state index is 11.2. The second-order valence-electron chi connectivity index (χ2n) is 4.06. The Hall–Kier alpha value is -0.610. The largest absolute Gasteiger partial charge is 0.383 e. The summed E-state index contributed by atoms with van der Waals surface area (Å²) in [4.78, 5) is 11.2. The molecule has 1 amide bonds. The fourth-order valence-corrected chi connectivity index (χ4v) is 1.70. The fraction of sp³-hybridized carbons (Fsp3) is 0.909. The highest BCUT2D eigenvalue weighted by molar-refractivity contribution is 5.75. The van der Waals surface area contributed by atoms with Gasteiger partial charge in [-0.05, 0) is 25.7 Å². The van der Waals surface area contributed by atoms with E-state index in [1.165, 1.54) is 12.8 Å². The molecule has 0 aliphatic heterocycles. The van der Waals surface area contributed by atoms with E-state index >= 15 is 0 Å². The van der Waals surface area contributed by atoms with Gasteiger partial charge in [-0.3, -0.25) is 4.79 Å². The van der Waals surface area contributed by atoms with Crippen LogP contribution in [0.15, 0.2) is 0 Å². The molecule has 4 nitrogen and oxygen atoms in total. The SMILES string of the molecule is CCNC(=O)CCNC(COC)C1CC1. The number of carbonyl (C=O) groups excluding carboxylic acids is 1. The third kappa shape index (κ3) is 5.14. The molecule has 1 aliphatic rings. The summed E-state index contributed by atoms with van der Waals surface area (Å²) in [6.07, 6.45) is 3.14. The number of hydrogen-bond donors (Lipinski definition) is 2. The van der Waals surface area contributed by atoms with Crippen LogP contribution in [-0.2, 0) is 9.53 Å². The van der Waals surface area contributed by atoms with E-state index in [4.69, 9.17) is 4.74 Å². The van der Waals surface area contributed by atoms with Gasteiger partial charge in [0.25, 0.3) is 0 Å². The standard InChI is InChI=1S/C11H22N2O2/c1-3-12-11(14)6-7-13-10(8-15-2)9-4-5-9/h9-10,13H,3-8H2,1-2H3,(H,12,14). The molecule has 0 aromatic rings. The Kier molecular flexibility index (Phi) is 5.65. The van der Waals surface area contributed by atoms with Gasteiger partial charge in [0.2, 0.25) is 5.91 Å². The van der Waals surface area contributed by atoms with Gasteiger partial charge in [0, 0.05) is 32.7 Å². The summed E-state index contributed by atoms with van der Waals surface area (Å²) < 4.78 is 5.15. The quantitative estimate of drug-likeness (QED) is 0.619. The fourth-order valence-electron chi connectivity index (χ4n) is 1.70. The Balaban J connectivity index is 2.08. The normalized spacial score (nSPS) is 17.5. The van der Waals surface area contributed by atoms with Gasteiger partial charge in [-0.15, -0.1) is 0 Å². The average Bonchev–Trinajstić information content (AvgIpc) is 3.00. The lowest BCUT2D eigenvalue weighted by Crippen LogP contribution is -2.37. The third-order valence-electron chi connectivity index (χ3n) is 2.67. The molecule has 2 N–H and O–H groups in total. The summed E-state index contributed by atoms with van der Waals surface area (Å²) >= 11 is 0. The van der Waals surface area contributed by atoms with Crippen LogP contribution in [0.2, 0.25) is 0 Å². The molecule has 0 aromatic heterocycles. The summed E-state index contributed by atoms with van der Waals surface area (Å²) in [6, 6.07) is 0.435. The van der Waals surface area contributed by atoms with Gasteiger partial charge in [0.15, 0.2) is 0 Å². The number of nitrogens with one attached hydrogen (secondary N) is 2. The van der Waals surface area contributed by atoms with Crippen molar-refractivity contribution >= 4 is 5.91 Å². The summed E-state index contributed by atoms with van der Waals surface area (Å²) in [5.74, 6) is 0.885. The lowest BCUT2D eigenvalue weighted by atomic mass is 10.2. The minimum Gasteiger partial charge on any atom is -0.383 e. The molecule has 1 rings (SSSR count). The highest BCUT2D eigenvalue weighted by Crippen LogP contribution is 2.32. The van der Waals surface area contributed by atoms with Crippen molar-refractivity contribution in [3.05, 3.63) is 0 Å². The van der Waals surface area contributed by atoms with Crippen molar-refractivity contribution in [2.75, 3.05) is 26.8 Å². The lowest BCUT2D eigenvalue weighted by Gasteiger charge is -2.16. The number of ether oxygens (including phenoxy) is 1. The van der Waals surface area contributed by atoms with Crippen LogP contribution in [0.25, 0.3) is 0 Å². The maximum Gasteiger partial charge on any atom is 0.221 e. The van der Waals surface area contributed by atoms with Gasteiger partial charge < -0.3 is 15.4 Å². The molecule has 4 heteroatoms. The Labute approximate surface area is 91.8 Å². The minimum atomic E-state index is 0.122. The zero-order valence-corrected chi connectivity index (χ0v) is 9.71. The molecule has 0 aromatic carbocycles. The molecule has 15 heavy (non-hydrogen) atoms. The van der Waals surface area contributed by atoms with Gasteiger partial charge in [-0.2, -0.15) is 0 Å². The van der Waals surface area contributed by atoms with Gasteiger partial charge in [-0.1, -0.05) is 0 Å². The van der Waals surface area contributed by atoms with Gasteiger partial charge >= 0.3 is 0 Å². The summed E-state index contributed by atoms with van der Waals surface area (Å²) in [7, 11) is 1.72. The summed E-state index contributed by atoms with van der Waals surface area (Å²) in [5, 5.41) is 6.17. The van der Waals surface area contributed by atoms with Crippen molar-refractivity contribution in [3.63, 3.8) is 0 Å². The van der Waals surface area contributed by atoms with Crippen LogP contribution in [0.1, 0.15) is 26.2 Å². The van der Waals surface area contributed by atoms with E-state index in [0.29, 0.717) is 19.0 Å². The molecule has 1 unspecified atom stereocenters. The first-order valence-corrected chi connectivity index (χ1v) is 5.77. The topological polar surface area (TPSA) is 50.4 Å². The first-order chi connectivity index (χ1) is 7.27. The number of hydrogen-bond acceptors (Lipinski definition) is 3. The van der Waals surface area contributed by atoms with E-state index in [9.17, 15) is 4.79 Å². The van der Waals surface area contributed by atoms with Crippen LogP contribution in [-0.4, -0.2) is 38.8 Å². The van der Waals surface area contributed by atoms with E-state index in [2.05, 4.69) is 10.6 Å². The van der Waals surface area contributed by atoms with E-state index in [1.54, 1.807) is 7.11 Å². The van der Waals surface area contributed by atoms with E-state index < -0.39 is 0 Å². The molecule has 1 aliphatic carbocycles. The van der Waals surface area contributed by atoms with Crippen molar-refractivity contribution in [1.29, 1.82) is 0 Å². The van der Waals surface area contributed by atoms with Crippen LogP contribution >= 0.6 is 0 Å². The highest BCUT2D eigenvalue weighted by Gasteiger charge is 2.30. The average molecular weight is 214 g/mol. The second kappa shape index (κ2) is 6.80. The van der Waals surface area contributed by atoms with Crippen molar-refractivity contribution in [1.82, 2.24) is 10.6 Å². The Morgan fingerprint density at radius 1 is 1.53 bits per heavy atom. The Bertz CT molecular complexity index is 193. The van der Waals surface area contributed by atoms with Crippen LogP contribution in [0, 0.1) is 5.92 Å². The van der Waals surface area contributed by atoms with Crippen LogP contribution in [0.3, 0.4) is 0 Å². The number of amides is 1. The van der Waals surface area contributed by atoms with E-state index in [-0.39, 0.29) is 5.91 Å². The van der Waals surface area contributed by atoms with E-state index in [0.717, 1.165) is 19.1 Å². The minimum absolute atomic E-state index is 0.122. The van der Waals surface area contributed by atoms with Crippen LogP contribution in [0.5, 0.6) is 0 Å². The predicted molar refractivity (Wildman–Crippen MR) is 59.7 cm³/mol. The maximum atomic E-state index is 11.2. The van der Waals surface area contributed by atoms with Crippen molar-refractivity contribution < 1.29 is 9.53 Å². The number of rotatable bonds is 8. The van der Waals surface area contributed by atoms with Gasteiger partial charge in [0.1, 0.15) is 0 Å². The van der Waals surface area contributed by atoms with E-state index in [1.807, 2.05) is 6.92 Å². The second-order valence-corrected chi connectivity index (χ2v) is 4.06. The predicted octanol–water partition coefficient (Wildman–Crippen LogP) is 0.527. The first-order valence-electron chi connectivity index (χ1n) is 5.77.